The van der Waals surface area contributed by atoms with Gasteiger partial charge in [0.2, 0.25) is 0 Å². The minimum absolute atomic E-state index is 0.0179. The predicted octanol–water partition coefficient (Wildman–Crippen LogP) is 0.966. The van der Waals surface area contributed by atoms with Crippen molar-refractivity contribution in [3.8, 4) is 0 Å². The summed E-state index contributed by atoms with van der Waals surface area (Å²) in [5.41, 5.74) is 0.777. The minimum Gasteiger partial charge on any atom is -0.338 e. The molecule has 0 bridgehead atoms. The molecule has 9 heteroatoms. The van der Waals surface area contributed by atoms with Crippen LogP contribution in [0.15, 0.2) is 24.3 Å². The van der Waals surface area contributed by atoms with Crippen LogP contribution in [0.3, 0.4) is 0 Å². The average Bonchev–Trinajstić information content (AvgIpc) is 2.97. The lowest BCUT2D eigenvalue weighted by molar-refractivity contribution is -0.384. The van der Waals surface area contributed by atoms with E-state index >= 15 is 0 Å². The Bertz CT molecular complexity index is 704. The topological polar surface area (TPSA) is 110 Å². The van der Waals surface area contributed by atoms with Crippen molar-refractivity contribution in [1.82, 2.24) is 10.2 Å². The molecular weight excluding hydrogens is 322 g/mol. The first-order valence-corrected chi connectivity index (χ1v) is 9.18. The summed E-state index contributed by atoms with van der Waals surface area (Å²) in [4.78, 5) is 23.7. The predicted molar refractivity (Wildman–Crippen MR) is 85.0 cm³/mol. The highest BCUT2D eigenvalue weighted by Gasteiger charge is 2.32. The van der Waals surface area contributed by atoms with Gasteiger partial charge in [-0.1, -0.05) is 12.1 Å². The fourth-order valence-electron chi connectivity index (χ4n) is 2.51. The number of rotatable bonds is 5. The Hall–Kier alpha value is -2.16. The second-order valence-electron chi connectivity index (χ2n) is 5.60. The third kappa shape index (κ3) is 4.65. The molecule has 1 N–H and O–H groups in total. The number of carbonyl (C=O) groups excluding carboxylic acids is 1. The number of benzene rings is 1. The third-order valence-electron chi connectivity index (χ3n) is 3.85. The highest BCUT2D eigenvalue weighted by molar-refractivity contribution is 7.91. The number of nitro benzene ring substituents is 1. The van der Waals surface area contributed by atoms with E-state index in [2.05, 4.69) is 5.32 Å². The van der Waals surface area contributed by atoms with Crippen molar-refractivity contribution >= 4 is 21.6 Å². The zero-order valence-electron chi connectivity index (χ0n) is 12.8. The number of nitrogens with zero attached hydrogens (tertiary/aromatic N) is 2. The van der Waals surface area contributed by atoms with Gasteiger partial charge in [0.1, 0.15) is 0 Å². The van der Waals surface area contributed by atoms with E-state index in [0.29, 0.717) is 25.9 Å². The van der Waals surface area contributed by atoms with Crippen LogP contribution in [0.2, 0.25) is 0 Å². The molecule has 2 amide bonds. The Morgan fingerprint density at radius 1 is 1.48 bits per heavy atom. The van der Waals surface area contributed by atoms with E-state index in [-0.39, 0.29) is 18.3 Å². The molecule has 0 spiro atoms. The zero-order chi connectivity index (χ0) is 17.0. The van der Waals surface area contributed by atoms with Crippen LogP contribution < -0.4 is 5.32 Å². The van der Waals surface area contributed by atoms with Gasteiger partial charge < -0.3 is 10.2 Å². The Kier molecular flexibility index (Phi) is 5.19. The van der Waals surface area contributed by atoms with Crippen molar-refractivity contribution in [2.45, 2.75) is 18.1 Å². The number of sulfone groups is 1. The maximum Gasteiger partial charge on any atom is 0.317 e. The number of amides is 2. The number of likely N-dealkylation sites (tertiary alicyclic amines) is 1. The second-order valence-corrected chi connectivity index (χ2v) is 7.92. The van der Waals surface area contributed by atoms with Gasteiger partial charge >= 0.3 is 6.03 Å². The Labute approximate surface area is 134 Å². The molecule has 23 heavy (non-hydrogen) atoms. The normalized spacial score (nSPS) is 18.0. The summed E-state index contributed by atoms with van der Waals surface area (Å²) in [7, 11) is -3.13. The summed E-state index contributed by atoms with van der Waals surface area (Å²) < 4.78 is 22.9. The second kappa shape index (κ2) is 6.95. The molecule has 1 heterocycles. The smallest absolute Gasteiger partial charge is 0.317 e. The average molecular weight is 341 g/mol. The van der Waals surface area contributed by atoms with Gasteiger partial charge in [0, 0.05) is 38.0 Å². The summed E-state index contributed by atoms with van der Waals surface area (Å²) >= 11 is 0. The summed E-state index contributed by atoms with van der Waals surface area (Å²) in [5, 5.41) is 12.9. The first-order valence-electron chi connectivity index (χ1n) is 7.22. The van der Waals surface area contributed by atoms with Gasteiger partial charge in [-0.05, 0) is 18.4 Å². The van der Waals surface area contributed by atoms with Crippen molar-refractivity contribution in [3.05, 3.63) is 39.9 Å². The molecule has 1 atom stereocenters. The van der Waals surface area contributed by atoms with Crippen LogP contribution in [-0.4, -0.2) is 55.4 Å². The van der Waals surface area contributed by atoms with E-state index in [0.717, 1.165) is 5.56 Å². The van der Waals surface area contributed by atoms with Crippen molar-refractivity contribution in [2.75, 3.05) is 25.9 Å². The quantitative estimate of drug-likeness (QED) is 0.634. The van der Waals surface area contributed by atoms with Gasteiger partial charge in [-0.25, -0.2) is 13.2 Å². The van der Waals surface area contributed by atoms with Crippen LogP contribution in [0.1, 0.15) is 12.0 Å². The molecule has 0 aliphatic carbocycles. The van der Waals surface area contributed by atoms with E-state index < -0.39 is 20.0 Å². The van der Waals surface area contributed by atoms with Crippen molar-refractivity contribution in [1.29, 1.82) is 0 Å². The fraction of sp³-hybridized carbons (Fsp3) is 0.500. The summed E-state index contributed by atoms with van der Waals surface area (Å²) in [6.07, 6.45) is 2.11. The molecule has 1 saturated heterocycles. The maximum atomic E-state index is 12.0. The zero-order valence-corrected chi connectivity index (χ0v) is 13.6. The lowest BCUT2D eigenvalue weighted by Crippen LogP contribution is -2.40. The van der Waals surface area contributed by atoms with E-state index in [1.165, 1.54) is 23.3 Å². The van der Waals surface area contributed by atoms with Crippen molar-refractivity contribution in [3.63, 3.8) is 0 Å². The Balaban J connectivity index is 1.82. The molecule has 8 nitrogen and oxygen atoms in total. The Morgan fingerprint density at radius 2 is 2.22 bits per heavy atom. The fourth-order valence-corrected chi connectivity index (χ4v) is 3.50. The lowest BCUT2D eigenvalue weighted by Gasteiger charge is -2.17. The van der Waals surface area contributed by atoms with Gasteiger partial charge in [-0.15, -0.1) is 0 Å². The van der Waals surface area contributed by atoms with E-state index in [9.17, 15) is 23.3 Å². The van der Waals surface area contributed by atoms with Gasteiger partial charge in [0.05, 0.1) is 10.2 Å². The monoisotopic (exact) mass is 341 g/mol. The molecule has 1 aromatic rings. The van der Waals surface area contributed by atoms with Crippen LogP contribution in [0, 0.1) is 10.1 Å². The number of hydrogen-bond acceptors (Lipinski definition) is 5. The summed E-state index contributed by atoms with van der Waals surface area (Å²) in [6, 6.07) is 5.95. The first-order chi connectivity index (χ1) is 10.8. The third-order valence-corrected chi connectivity index (χ3v) is 5.44. The summed E-state index contributed by atoms with van der Waals surface area (Å²) in [6.45, 7) is 0.960. The van der Waals surface area contributed by atoms with Crippen molar-refractivity contribution in [2.24, 2.45) is 0 Å². The molecule has 0 radical (unpaired) electrons. The van der Waals surface area contributed by atoms with Gasteiger partial charge in [-0.2, -0.15) is 0 Å². The number of carbonyl (C=O) groups is 1. The molecule has 1 fully saturated rings. The minimum atomic E-state index is -3.13. The number of nitro groups is 1. The molecule has 0 unspecified atom stereocenters. The van der Waals surface area contributed by atoms with Crippen LogP contribution in [0.4, 0.5) is 10.5 Å². The first kappa shape index (κ1) is 17.2. The molecule has 0 saturated carbocycles. The molecule has 1 aliphatic rings. The lowest BCUT2D eigenvalue weighted by atomic mass is 10.1. The van der Waals surface area contributed by atoms with Crippen LogP contribution >= 0.6 is 0 Å². The summed E-state index contributed by atoms with van der Waals surface area (Å²) in [5.74, 6) is 0. The molecule has 1 aromatic carbocycles. The van der Waals surface area contributed by atoms with Gasteiger partial charge in [0.15, 0.2) is 9.84 Å². The van der Waals surface area contributed by atoms with E-state index in [4.69, 9.17) is 0 Å². The maximum absolute atomic E-state index is 12.0. The van der Waals surface area contributed by atoms with E-state index in [1.807, 2.05) is 0 Å². The van der Waals surface area contributed by atoms with Gasteiger partial charge in [0.25, 0.3) is 5.69 Å². The molecule has 1 aliphatic heterocycles. The number of urea groups is 1. The van der Waals surface area contributed by atoms with Gasteiger partial charge in [-0.3, -0.25) is 10.1 Å². The van der Waals surface area contributed by atoms with Crippen molar-refractivity contribution < 1.29 is 18.1 Å². The number of hydrogen-bond donors (Lipinski definition) is 1. The number of non-ortho nitro benzene ring substituents is 1. The van der Waals surface area contributed by atoms with Crippen LogP contribution in [0.25, 0.3) is 0 Å². The number of nitrogens with one attached hydrogen (secondary N) is 1. The Morgan fingerprint density at radius 3 is 2.83 bits per heavy atom. The largest absolute Gasteiger partial charge is 0.338 e. The highest BCUT2D eigenvalue weighted by Crippen LogP contribution is 2.16. The van der Waals surface area contributed by atoms with Crippen LogP contribution in [-0.2, 0) is 16.3 Å². The van der Waals surface area contributed by atoms with E-state index in [1.54, 1.807) is 12.1 Å². The molecule has 2 rings (SSSR count). The molecule has 126 valence electrons. The standard InChI is InChI=1S/C14H19N3O5S/c1-23(21,22)13-6-8-16(10-13)14(18)15-7-5-11-3-2-4-12(9-11)17(19)20/h2-4,9,13H,5-8,10H2,1H3,(H,15,18)/t13-/m0/s1. The molecular formula is C14H19N3O5S. The SMILES string of the molecule is CS(=O)(=O)[C@H]1CCN(C(=O)NCCc2cccc([N+](=O)[O-])c2)C1. The van der Waals surface area contributed by atoms with Crippen LogP contribution in [0.5, 0.6) is 0 Å². The molecule has 0 aromatic heterocycles. The highest BCUT2D eigenvalue weighted by atomic mass is 32.2.